The van der Waals surface area contributed by atoms with E-state index in [9.17, 15) is 23.2 Å². The van der Waals surface area contributed by atoms with Gasteiger partial charge in [-0.25, -0.2) is 8.78 Å². The Kier molecular flexibility index (Phi) is 3.75. The number of piperazine rings is 1. The maximum atomic E-state index is 13.6. The van der Waals surface area contributed by atoms with Gasteiger partial charge in [0.25, 0.3) is 5.91 Å². The zero-order valence-electron chi connectivity index (χ0n) is 12.3. The molecule has 2 heterocycles. The third kappa shape index (κ3) is 2.64. The Morgan fingerprint density at radius 3 is 2.83 bits per heavy atom. The molecule has 1 aromatic carbocycles. The van der Waals surface area contributed by atoms with Crippen LogP contribution in [0.25, 0.3) is 0 Å². The van der Waals surface area contributed by atoms with E-state index >= 15 is 0 Å². The lowest BCUT2D eigenvalue weighted by Gasteiger charge is -2.32. The van der Waals surface area contributed by atoms with E-state index in [1.807, 2.05) is 0 Å². The zero-order valence-corrected chi connectivity index (χ0v) is 12.3. The van der Waals surface area contributed by atoms with E-state index in [-0.39, 0.29) is 24.8 Å². The first-order chi connectivity index (χ1) is 10.9. The SMILES string of the molecule is C[C@@H]1NC(=O)[C@@H]2C[C@H](NC(=O)c3cccc(F)c3F)CN2C1=O. The molecule has 0 spiro atoms. The van der Waals surface area contributed by atoms with Crippen LogP contribution >= 0.6 is 0 Å². The van der Waals surface area contributed by atoms with Gasteiger partial charge in [0.1, 0.15) is 12.1 Å². The molecule has 2 saturated heterocycles. The number of hydrogen-bond donors (Lipinski definition) is 2. The summed E-state index contributed by atoms with van der Waals surface area (Å²) in [5.74, 6) is -3.59. The van der Waals surface area contributed by atoms with Gasteiger partial charge < -0.3 is 15.5 Å². The third-order valence-corrected chi connectivity index (χ3v) is 4.15. The molecule has 6 nitrogen and oxygen atoms in total. The lowest BCUT2D eigenvalue weighted by Crippen LogP contribution is -2.60. The first-order valence-electron chi connectivity index (χ1n) is 7.24. The van der Waals surface area contributed by atoms with Gasteiger partial charge in [0.05, 0.1) is 5.56 Å². The minimum absolute atomic E-state index is 0.171. The summed E-state index contributed by atoms with van der Waals surface area (Å²) < 4.78 is 26.8. The van der Waals surface area contributed by atoms with Gasteiger partial charge in [-0.3, -0.25) is 14.4 Å². The van der Waals surface area contributed by atoms with E-state index < -0.39 is 41.2 Å². The minimum atomic E-state index is -1.22. The van der Waals surface area contributed by atoms with Crippen molar-refractivity contribution in [2.45, 2.75) is 31.5 Å². The van der Waals surface area contributed by atoms with Crippen LogP contribution in [0.2, 0.25) is 0 Å². The van der Waals surface area contributed by atoms with E-state index in [2.05, 4.69) is 10.6 Å². The highest BCUT2D eigenvalue weighted by molar-refractivity contribution is 5.98. The van der Waals surface area contributed by atoms with E-state index in [0.717, 1.165) is 6.07 Å². The van der Waals surface area contributed by atoms with Crippen LogP contribution in [0.1, 0.15) is 23.7 Å². The van der Waals surface area contributed by atoms with Crippen LogP contribution in [0, 0.1) is 11.6 Å². The summed E-state index contributed by atoms with van der Waals surface area (Å²) in [4.78, 5) is 37.4. The topological polar surface area (TPSA) is 78.5 Å². The second-order valence-corrected chi connectivity index (χ2v) is 5.74. The number of nitrogens with one attached hydrogen (secondary N) is 2. The first kappa shape index (κ1) is 15.4. The molecule has 3 amide bonds. The molecule has 2 fully saturated rings. The molecule has 2 aliphatic heterocycles. The van der Waals surface area contributed by atoms with E-state index in [1.165, 1.54) is 17.0 Å². The molecule has 3 rings (SSSR count). The molecule has 0 bridgehead atoms. The van der Waals surface area contributed by atoms with Crippen LogP contribution in [0.4, 0.5) is 8.78 Å². The molecular formula is C15H15F2N3O3. The summed E-state index contributed by atoms with van der Waals surface area (Å²) >= 11 is 0. The van der Waals surface area contributed by atoms with Gasteiger partial charge in [-0.05, 0) is 25.5 Å². The Balaban J connectivity index is 1.73. The van der Waals surface area contributed by atoms with E-state index in [4.69, 9.17) is 0 Å². The number of amides is 3. The Labute approximate surface area is 130 Å². The van der Waals surface area contributed by atoms with Crippen LogP contribution in [0.5, 0.6) is 0 Å². The van der Waals surface area contributed by atoms with Crippen molar-refractivity contribution in [2.75, 3.05) is 6.54 Å². The molecule has 1 aromatic rings. The normalized spacial score (nSPS) is 26.7. The van der Waals surface area contributed by atoms with Crippen molar-refractivity contribution >= 4 is 17.7 Å². The van der Waals surface area contributed by atoms with Gasteiger partial charge in [-0.1, -0.05) is 6.07 Å². The Morgan fingerprint density at radius 2 is 2.09 bits per heavy atom. The fourth-order valence-electron chi connectivity index (χ4n) is 3.00. The molecule has 0 saturated carbocycles. The molecule has 3 atom stereocenters. The molecule has 2 N–H and O–H groups in total. The number of nitrogens with zero attached hydrogens (tertiary/aromatic N) is 1. The van der Waals surface area contributed by atoms with Gasteiger partial charge in [-0.15, -0.1) is 0 Å². The van der Waals surface area contributed by atoms with E-state index in [0.29, 0.717) is 0 Å². The second-order valence-electron chi connectivity index (χ2n) is 5.74. The Hall–Kier alpha value is -2.51. The smallest absolute Gasteiger partial charge is 0.254 e. The monoisotopic (exact) mass is 323 g/mol. The molecule has 0 radical (unpaired) electrons. The molecule has 23 heavy (non-hydrogen) atoms. The minimum Gasteiger partial charge on any atom is -0.347 e. The third-order valence-electron chi connectivity index (χ3n) is 4.15. The standard InChI is InChI=1S/C15H15F2N3O3/c1-7-15(23)20-6-8(5-11(20)14(22)18-7)19-13(21)9-3-2-4-10(16)12(9)17/h2-4,7-8,11H,5-6H2,1H3,(H,18,22)(H,19,21)/t7-,8-,11-/m0/s1. The highest BCUT2D eigenvalue weighted by Gasteiger charge is 2.45. The average Bonchev–Trinajstić information content (AvgIpc) is 2.92. The lowest BCUT2D eigenvalue weighted by molar-refractivity contribution is -0.146. The largest absolute Gasteiger partial charge is 0.347 e. The number of fused-ring (bicyclic) bond motifs is 1. The number of carbonyl (C=O) groups is 3. The fourth-order valence-corrected chi connectivity index (χ4v) is 3.00. The van der Waals surface area contributed by atoms with Crippen molar-refractivity contribution < 1.29 is 23.2 Å². The average molecular weight is 323 g/mol. The zero-order chi connectivity index (χ0) is 16.7. The molecule has 2 aliphatic rings. The number of benzene rings is 1. The predicted molar refractivity (Wildman–Crippen MR) is 75.3 cm³/mol. The highest BCUT2D eigenvalue weighted by Crippen LogP contribution is 2.23. The van der Waals surface area contributed by atoms with Crippen molar-refractivity contribution in [3.8, 4) is 0 Å². The predicted octanol–water partition coefficient (Wildman–Crippen LogP) is 0.182. The molecule has 8 heteroatoms. The molecule has 0 unspecified atom stereocenters. The maximum absolute atomic E-state index is 13.6. The molecule has 0 aromatic heterocycles. The quantitative estimate of drug-likeness (QED) is 0.815. The molecule has 0 aliphatic carbocycles. The molecular weight excluding hydrogens is 308 g/mol. The van der Waals surface area contributed by atoms with Crippen LogP contribution in [-0.4, -0.2) is 47.3 Å². The van der Waals surface area contributed by atoms with Gasteiger partial charge >= 0.3 is 0 Å². The first-order valence-corrected chi connectivity index (χ1v) is 7.24. The van der Waals surface area contributed by atoms with Crippen molar-refractivity contribution in [3.63, 3.8) is 0 Å². The summed E-state index contributed by atoms with van der Waals surface area (Å²) in [5.41, 5.74) is -0.404. The van der Waals surface area contributed by atoms with Crippen LogP contribution in [0.15, 0.2) is 18.2 Å². The van der Waals surface area contributed by atoms with Gasteiger partial charge in [0, 0.05) is 12.6 Å². The van der Waals surface area contributed by atoms with Crippen molar-refractivity contribution in [3.05, 3.63) is 35.4 Å². The van der Waals surface area contributed by atoms with Gasteiger partial charge in [0.2, 0.25) is 11.8 Å². The summed E-state index contributed by atoms with van der Waals surface area (Å²) in [6, 6.07) is 1.61. The van der Waals surface area contributed by atoms with Gasteiger partial charge in [-0.2, -0.15) is 0 Å². The van der Waals surface area contributed by atoms with Crippen LogP contribution in [0.3, 0.4) is 0 Å². The van der Waals surface area contributed by atoms with Crippen LogP contribution in [-0.2, 0) is 9.59 Å². The summed E-state index contributed by atoms with van der Waals surface area (Å²) in [7, 11) is 0. The Morgan fingerprint density at radius 1 is 1.35 bits per heavy atom. The van der Waals surface area contributed by atoms with Crippen molar-refractivity contribution in [2.24, 2.45) is 0 Å². The number of hydrogen-bond acceptors (Lipinski definition) is 3. The number of carbonyl (C=O) groups excluding carboxylic acids is 3. The summed E-state index contributed by atoms with van der Waals surface area (Å²) in [6.45, 7) is 1.76. The lowest BCUT2D eigenvalue weighted by atomic mass is 10.1. The van der Waals surface area contributed by atoms with Crippen molar-refractivity contribution in [1.82, 2.24) is 15.5 Å². The van der Waals surface area contributed by atoms with E-state index in [1.54, 1.807) is 6.92 Å². The fraction of sp³-hybridized carbons (Fsp3) is 0.400. The number of rotatable bonds is 2. The summed E-state index contributed by atoms with van der Waals surface area (Å²) in [5, 5.41) is 5.13. The summed E-state index contributed by atoms with van der Waals surface area (Å²) in [6.07, 6.45) is 0.243. The Bertz CT molecular complexity index is 695. The number of halogens is 2. The highest BCUT2D eigenvalue weighted by atomic mass is 19.2. The molecule has 122 valence electrons. The van der Waals surface area contributed by atoms with Gasteiger partial charge in [0.15, 0.2) is 11.6 Å². The van der Waals surface area contributed by atoms with Crippen LogP contribution < -0.4 is 10.6 Å². The maximum Gasteiger partial charge on any atom is 0.254 e. The van der Waals surface area contributed by atoms with Crippen molar-refractivity contribution in [1.29, 1.82) is 0 Å². The second kappa shape index (κ2) is 5.60.